The molecule has 2 aromatic rings. The molecule has 2 aromatic heterocycles. The normalized spacial score (nSPS) is 12.4. The van der Waals surface area contributed by atoms with Crippen molar-refractivity contribution < 1.29 is 4.79 Å². The molecule has 2 heterocycles. The molecule has 0 radical (unpaired) electrons. The number of anilines is 1. The molecular weight excluding hydrogens is 280 g/mol. The number of rotatable bonds is 4. The molecule has 0 aliphatic rings. The van der Waals surface area contributed by atoms with Crippen molar-refractivity contribution in [3.63, 3.8) is 0 Å². The van der Waals surface area contributed by atoms with Gasteiger partial charge in [0.25, 0.3) is 5.91 Å². The largest absolute Gasteiger partial charge is 0.375 e. The van der Waals surface area contributed by atoms with Crippen LogP contribution in [0.1, 0.15) is 45.5 Å². The summed E-state index contributed by atoms with van der Waals surface area (Å²) >= 11 is 2.88. The minimum atomic E-state index is -0.203. The number of hydrogen-bond donors (Lipinski definition) is 2. The molecule has 102 valence electrons. The average molecular weight is 296 g/mol. The van der Waals surface area contributed by atoms with Crippen molar-refractivity contribution in [3.05, 3.63) is 26.7 Å². The number of aromatic nitrogens is 2. The highest BCUT2D eigenvalue weighted by atomic mass is 32.1. The molecule has 0 saturated heterocycles. The van der Waals surface area contributed by atoms with E-state index in [9.17, 15) is 4.79 Å². The monoisotopic (exact) mass is 296 g/mol. The van der Waals surface area contributed by atoms with Gasteiger partial charge in [-0.25, -0.2) is 9.97 Å². The van der Waals surface area contributed by atoms with Crippen LogP contribution < -0.4 is 11.1 Å². The molecule has 0 aliphatic carbocycles. The lowest BCUT2D eigenvalue weighted by Gasteiger charge is -2.13. The van der Waals surface area contributed by atoms with Crippen LogP contribution in [0.2, 0.25) is 0 Å². The lowest BCUT2D eigenvalue weighted by Crippen LogP contribution is -2.28. The van der Waals surface area contributed by atoms with Gasteiger partial charge in [-0.05, 0) is 20.3 Å². The van der Waals surface area contributed by atoms with E-state index in [1.807, 2.05) is 20.8 Å². The highest BCUT2D eigenvalue weighted by Crippen LogP contribution is 2.25. The van der Waals surface area contributed by atoms with Gasteiger partial charge in [0, 0.05) is 10.3 Å². The first kappa shape index (κ1) is 14.0. The average Bonchev–Trinajstić information content (AvgIpc) is 2.93. The van der Waals surface area contributed by atoms with E-state index in [2.05, 4.69) is 15.3 Å². The highest BCUT2D eigenvalue weighted by molar-refractivity contribution is 7.13. The summed E-state index contributed by atoms with van der Waals surface area (Å²) in [7, 11) is 0. The van der Waals surface area contributed by atoms with Gasteiger partial charge in [-0.15, -0.1) is 22.7 Å². The van der Waals surface area contributed by atoms with Gasteiger partial charge in [0.15, 0.2) is 5.13 Å². The molecule has 7 heteroatoms. The molecule has 0 bridgehead atoms. The van der Waals surface area contributed by atoms with Crippen LogP contribution in [0.3, 0.4) is 0 Å². The van der Waals surface area contributed by atoms with Crippen LogP contribution in [0, 0.1) is 13.8 Å². The van der Waals surface area contributed by atoms with Crippen LogP contribution in [-0.4, -0.2) is 15.9 Å². The molecule has 0 aromatic carbocycles. The van der Waals surface area contributed by atoms with E-state index in [4.69, 9.17) is 5.73 Å². The van der Waals surface area contributed by atoms with Gasteiger partial charge >= 0.3 is 0 Å². The zero-order chi connectivity index (χ0) is 14.0. The summed E-state index contributed by atoms with van der Waals surface area (Å²) in [6.07, 6.45) is 0.789. The maximum atomic E-state index is 12.0. The van der Waals surface area contributed by atoms with E-state index in [-0.39, 0.29) is 11.9 Å². The Morgan fingerprint density at radius 1 is 1.47 bits per heavy atom. The zero-order valence-electron chi connectivity index (χ0n) is 11.1. The number of amides is 1. The molecule has 0 unspecified atom stereocenters. The summed E-state index contributed by atoms with van der Waals surface area (Å²) in [4.78, 5) is 21.7. The van der Waals surface area contributed by atoms with E-state index in [1.54, 1.807) is 16.7 Å². The first-order chi connectivity index (χ1) is 9.01. The predicted molar refractivity (Wildman–Crippen MR) is 78.6 cm³/mol. The van der Waals surface area contributed by atoms with Crippen molar-refractivity contribution in [2.24, 2.45) is 0 Å². The summed E-state index contributed by atoms with van der Waals surface area (Å²) in [6, 6.07) is -0.0761. The van der Waals surface area contributed by atoms with Crippen LogP contribution in [0.25, 0.3) is 0 Å². The minimum Gasteiger partial charge on any atom is -0.375 e. The third-order valence-corrected chi connectivity index (χ3v) is 4.67. The van der Waals surface area contributed by atoms with Gasteiger partial charge in [0.2, 0.25) is 0 Å². The Balaban J connectivity index is 2.13. The van der Waals surface area contributed by atoms with E-state index in [0.717, 1.165) is 17.1 Å². The minimum absolute atomic E-state index is 0.0761. The van der Waals surface area contributed by atoms with Crippen LogP contribution in [-0.2, 0) is 0 Å². The summed E-state index contributed by atoms with van der Waals surface area (Å²) in [5.41, 5.74) is 6.92. The zero-order valence-corrected chi connectivity index (χ0v) is 12.7. The fourth-order valence-electron chi connectivity index (χ4n) is 1.61. The number of carbonyl (C=O) groups is 1. The molecule has 1 amide bonds. The SMILES string of the molecule is CC[C@@H](NC(=O)c1csc(N)n1)c1nc(C)c(C)s1. The number of nitrogens with zero attached hydrogens (tertiary/aromatic N) is 2. The fourth-order valence-corrected chi connectivity index (χ4v) is 3.21. The second kappa shape index (κ2) is 5.66. The number of hydrogen-bond acceptors (Lipinski definition) is 6. The van der Waals surface area contributed by atoms with E-state index in [0.29, 0.717) is 10.8 Å². The van der Waals surface area contributed by atoms with Gasteiger partial charge in [0.1, 0.15) is 10.7 Å². The molecule has 3 N–H and O–H groups in total. The van der Waals surface area contributed by atoms with Crippen molar-refractivity contribution in [2.45, 2.75) is 33.2 Å². The van der Waals surface area contributed by atoms with Crippen LogP contribution >= 0.6 is 22.7 Å². The molecule has 0 spiro atoms. The number of thiazole rings is 2. The summed E-state index contributed by atoms with van der Waals surface area (Å²) in [5.74, 6) is -0.203. The summed E-state index contributed by atoms with van der Waals surface area (Å²) in [6.45, 7) is 6.03. The van der Waals surface area contributed by atoms with E-state index >= 15 is 0 Å². The number of nitrogens with two attached hydrogens (primary N) is 1. The van der Waals surface area contributed by atoms with Crippen molar-refractivity contribution in [2.75, 3.05) is 5.73 Å². The van der Waals surface area contributed by atoms with E-state index < -0.39 is 0 Å². The molecule has 0 aliphatic heterocycles. The number of carbonyl (C=O) groups excluding carboxylic acids is 1. The molecule has 0 saturated carbocycles. The third-order valence-electron chi connectivity index (χ3n) is 2.81. The Labute approximate surface area is 119 Å². The van der Waals surface area contributed by atoms with Crippen LogP contribution in [0.15, 0.2) is 5.38 Å². The van der Waals surface area contributed by atoms with Gasteiger partial charge in [-0.3, -0.25) is 4.79 Å². The van der Waals surface area contributed by atoms with Gasteiger partial charge in [-0.2, -0.15) is 0 Å². The molecule has 5 nitrogen and oxygen atoms in total. The number of aryl methyl sites for hydroxylation is 2. The first-order valence-corrected chi connectivity index (χ1v) is 7.66. The predicted octanol–water partition coefficient (Wildman–Crippen LogP) is 2.68. The molecule has 1 atom stereocenters. The van der Waals surface area contributed by atoms with Crippen molar-refractivity contribution in [3.8, 4) is 0 Å². The summed E-state index contributed by atoms with van der Waals surface area (Å²) < 4.78 is 0. The maximum Gasteiger partial charge on any atom is 0.271 e. The molecule has 19 heavy (non-hydrogen) atoms. The second-order valence-electron chi connectivity index (χ2n) is 4.20. The highest BCUT2D eigenvalue weighted by Gasteiger charge is 2.19. The van der Waals surface area contributed by atoms with E-state index in [1.165, 1.54) is 16.2 Å². The van der Waals surface area contributed by atoms with Crippen molar-refractivity contribution in [1.82, 2.24) is 15.3 Å². The lowest BCUT2D eigenvalue weighted by molar-refractivity contribution is 0.0931. The Kier molecular flexibility index (Phi) is 4.16. The number of nitrogen functional groups attached to an aromatic ring is 1. The Bertz CT molecular complexity index is 571. The fraction of sp³-hybridized carbons (Fsp3) is 0.417. The number of nitrogens with one attached hydrogen (secondary N) is 1. The topological polar surface area (TPSA) is 80.9 Å². The molecule has 0 fully saturated rings. The van der Waals surface area contributed by atoms with Crippen LogP contribution in [0.5, 0.6) is 0 Å². The van der Waals surface area contributed by atoms with Gasteiger partial charge in [-0.1, -0.05) is 6.92 Å². The lowest BCUT2D eigenvalue weighted by atomic mass is 10.2. The Morgan fingerprint density at radius 3 is 2.68 bits per heavy atom. The molecule has 2 rings (SSSR count). The summed E-state index contributed by atoms with van der Waals surface area (Å²) in [5, 5.41) is 5.95. The van der Waals surface area contributed by atoms with Crippen LogP contribution in [0.4, 0.5) is 5.13 Å². The van der Waals surface area contributed by atoms with Crippen molar-refractivity contribution in [1.29, 1.82) is 0 Å². The first-order valence-electron chi connectivity index (χ1n) is 5.97. The standard InChI is InChI=1S/C12H16N4OS2/c1-4-8(11-14-6(2)7(3)19-11)15-10(17)9-5-18-12(13)16-9/h5,8H,4H2,1-3H3,(H2,13,16)(H,15,17)/t8-/m1/s1. The Morgan fingerprint density at radius 2 is 2.21 bits per heavy atom. The third kappa shape index (κ3) is 3.10. The Hall–Kier alpha value is -1.47. The maximum absolute atomic E-state index is 12.0. The van der Waals surface area contributed by atoms with Gasteiger partial charge in [0.05, 0.1) is 11.7 Å². The quantitative estimate of drug-likeness (QED) is 0.909. The smallest absolute Gasteiger partial charge is 0.271 e. The van der Waals surface area contributed by atoms with Crippen molar-refractivity contribution >= 4 is 33.7 Å². The van der Waals surface area contributed by atoms with Gasteiger partial charge < -0.3 is 11.1 Å². The second-order valence-corrected chi connectivity index (χ2v) is 6.32. The molecular formula is C12H16N4OS2.